The monoisotopic (exact) mass is 181 g/mol. The molecule has 0 bridgehead atoms. The van der Waals surface area contributed by atoms with Gasteiger partial charge in [-0.1, -0.05) is 0 Å². The van der Waals surface area contributed by atoms with Gasteiger partial charge >= 0.3 is 0 Å². The third-order valence-corrected chi connectivity index (χ3v) is 2.05. The molecular formula is C10H19N3. The van der Waals surface area contributed by atoms with Crippen LogP contribution in [0.2, 0.25) is 0 Å². The zero-order valence-corrected chi connectivity index (χ0v) is 9.20. The summed E-state index contributed by atoms with van der Waals surface area (Å²) in [5.74, 6) is 1.10. The number of imidazole rings is 1. The van der Waals surface area contributed by atoms with Crippen molar-refractivity contribution >= 4 is 0 Å². The van der Waals surface area contributed by atoms with Crippen LogP contribution in [-0.2, 0) is 6.54 Å². The summed E-state index contributed by atoms with van der Waals surface area (Å²) < 4.78 is 2.28. The summed E-state index contributed by atoms with van der Waals surface area (Å²) in [6, 6.07) is 0.498. The van der Waals surface area contributed by atoms with E-state index in [9.17, 15) is 0 Å². The Balaban J connectivity index is 2.94. The van der Waals surface area contributed by atoms with Crippen molar-refractivity contribution in [3.05, 3.63) is 17.7 Å². The minimum Gasteiger partial charge on any atom is -0.329 e. The number of aryl methyl sites for hydroxylation is 1. The standard InChI is InChI=1S/C10H19N3/c1-8(2)13-9(3)11-6-10(13)7-12(4)5/h6,8H,7H2,1-5H3. The van der Waals surface area contributed by atoms with E-state index in [1.54, 1.807) is 0 Å². The minimum absolute atomic E-state index is 0.498. The quantitative estimate of drug-likeness (QED) is 0.709. The van der Waals surface area contributed by atoms with Gasteiger partial charge in [0.05, 0.1) is 5.69 Å². The first kappa shape index (κ1) is 10.3. The molecule has 0 fully saturated rings. The number of hydrogen-bond donors (Lipinski definition) is 0. The highest BCUT2D eigenvalue weighted by Crippen LogP contribution is 2.13. The Hall–Kier alpha value is -0.830. The van der Waals surface area contributed by atoms with E-state index >= 15 is 0 Å². The highest BCUT2D eigenvalue weighted by atomic mass is 15.1. The summed E-state index contributed by atoms with van der Waals surface area (Å²) in [6.07, 6.45) is 1.97. The molecule has 0 aliphatic heterocycles. The maximum atomic E-state index is 4.33. The first-order valence-corrected chi connectivity index (χ1v) is 4.69. The largest absolute Gasteiger partial charge is 0.329 e. The average molecular weight is 181 g/mol. The van der Waals surface area contributed by atoms with Gasteiger partial charge in [-0.05, 0) is 34.9 Å². The SMILES string of the molecule is Cc1ncc(CN(C)C)n1C(C)C. The number of aromatic nitrogens is 2. The van der Waals surface area contributed by atoms with Crippen molar-refractivity contribution in [1.29, 1.82) is 0 Å². The van der Waals surface area contributed by atoms with Crippen LogP contribution in [0.1, 0.15) is 31.4 Å². The van der Waals surface area contributed by atoms with Gasteiger partial charge in [-0.25, -0.2) is 4.98 Å². The summed E-state index contributed by atoms with van der Waals surface area (Å²) in [4.78, 5) is 6.49. The van der Waals surface area contributed by atoms with Gasteiger partial charge < -0.3 is 9.47 Å². The molecular weight excluding hydrogens is 162 g/mol. The predicted octanol–water partition coefficient (Wildman–Crippen LogP) is 1.83. The maximum Gasteiger partial charge on any atom is 0.105 e. The second-order valence-electron chi connectivity index (χ2n) is 4.00. The molecule has 1 heterocycles. The molecule has 0 N–H and O–H groups in total. The summed E-state index contributed by atoms with van der Waals surface area (Å²) >= 11 is 0. The first-order valence-electron chi connectivity index (χ1n) is 4.69. The van der Waals surface area contributed by atoms with Crippen molar-refractivity contribution in [2.45, 2.75) is 33.4 Å². The molecule has 74 valence electrons. The molecule has 0 aliphatic carbocycles. The molecule has 0 atom stereocenters. The van der Waals surface area contributed by atoms with Crippen LogP contribution in [0.5, 0.6) is 0 Å². The molecule has 0 saturated carbocycles. The van der Waals surface area contributed by atoms with Crippen LogP contribution in [0, 0.1) is 6.92 Å². The van der Waals surface area contributed by atoms with Gasteiger partial charge in [0.15, 0.2) is 0 Å². The van der Waals surface area contributed by atoms with E-state index in [2.05, 4.69) is 49.3 Å². The molecule has 13 heavy (non-hydrogen) atoms. The fraction of sp³-hybridized carbons (Fsp3) is 0.700. The fourth-order valence-electron chi connectivity index (χ4n) is 1.65. The Labute approximate surface area is 80.4 Å². The zero-order chi connectivity index (χ0) is 10.0. The van der Waals surface area contributed by atoms with E-state index in [1.165, 1.54) is 5.69 Å². The molecule has 0 aromatic carbocycles. The van der Waals surface area contributed by atoms with E-state index in [0.29, 0.717) is 6.04 Å². The van der Waals surface area contributed by atoms with Crippen LogP contribution in [0.25, 0.3) is 0 Å². The summed E-state index contributed by atoms with van der Waals surface area (Å²) in [7, 11) is 4.15. The Morgan fingerprint density at radius 3 is 2.54 bits per heavy atom. The summed E-state index contributed by atoms with van der Waals surface area (Å²) in [5, 5.41) is 0. The Bertz CT molecular complexity index is 274. The van der Waals surface area contributed by atoms with Crippen LogP contribution < -0.4 is 0 Å². The second-order valence-corrected chi connectivity index (χ2v) is 4.00. The van der Waals surface area contributed by atoms with Crippen molar-refractivity contribution in [3.63, 3.8) is 0 Å². The van der Waals surface area contributed by atoms with Crippen LogP contribution >= 0.6 is 0 Å². The number of nitrogens with zero attached hydrogens (tertiary/aromatic N) is 3. The Morgan fingerprint density at radius 1 is 1.46 bits per heavy atom. The lowest BCUT2D eigenvalue weighted by atomic mass is 10.3. The lowest BCUT2D eigenvalue weighted by Crippen LogP contribution is -2.16. The average Bonchev–Trinajstić information content (AvgIpc) is 2.30. The highest BCUT2D eigenvalue weighted by molar-refractivity contribution is 5.05. The highest BCUT2D eigenvalue weighted by Gasteiger charge is 2.09. The third-order valence-electron chi connectivity index (χ3n) is 2.05. The summed E-state index contributed by atoms with van der Waals surface area (Å²) in [6.45, 7) is 7.39. The number of hydrogen-bond acceptors (Lipinski definition) is 2. The van der Waals surface area contributed by atoms with Crippen molar-refractivity contribution in [2.24, 2.45) is 0 Å². The van der Waals surface area contributed by atoms with Crippen molar-refractivity contribution < 1.29 is 0 Å². The van der Waals surface area contributed by atoms with Crippen LogP contribution in [0.3, 0.4) is 0 Å². The first-order chi connectivity index (χ1) is 6.02. The van der Waals surface area contributed by atoms with E-state index < -0.39 is 0 Å². The van der Waals surface area contributed by atoms with Crippen molar-refractivity contribution in [3.8, 4) is 0 Å². The predicted molar refractivity (Wildman–Crippen MR) is 54.7 cm³/mol. The second kappa shape index (κ2) is 3.92. The van der Waals surface area contributed by atoms with Crippen LogP contribution in [0.15, 0.2) is 6.20 Å². The van der Waals surface area contributed by atoms with Crippen LogP contribution in [-0.4, -0.2) is 28.5 Å². The molecule has 0 amide bonds. The molecule has 0 spiro atoms. The van der Waals surface area contributed by atoms with Gasteiger partial charge in [0.2, 0.25) is 0 Å². The summed E-state index contributed by atoms with van der Waals surface area (Å²) in [5.41, 5.74) is 1.29. The smallest absolute Gasteiger partial charge is 0.105 e. The minimum atomic E-state index is 0.498. The van der Waals surface area contributed by atoms with E-state index in [1.807, 2.05) is 6.20 Å². The van der Waals surface area contributed by atoms with Gasteiger partial charge in [-0.15, -0.1) is 0 Å². The molecule has 0 unspecified atom stereocenters. The maximum absolute atomic E-state index is 4.33. The lowest BCUT2D eigenvalue weighted by Gasteiger charge is -2.16. The van der Waals surface area contributed by atoms with Gasteiger partial charge in [0.1, 0.15) is 5.82 Å². The molecule has 3 heteroatoms. The topological polar surface area (TPSA) is 21.1 Å². The molecule has 3 nitrogen and oxygen atoms in total. The molecule has 0 saturated heterocycles. The Kier molecular flexibility index (Phi) is 3.09. The lowest BCUT2D eigenvalue weighted by molar-refractivity contribution is 0.380. The molecule has 0 radical (unpaired) electrons. The zero-order valence-electron chi connectivity index (χ0n) is 9.20. The Morgan fingerprint density at radius 2 is 2.08 bits per heavy atom. The third kappa shape index (κ3) is 2.31. The molecule has 1 aromatic rings. The van der Waals surface area contributed by atoms with E-state index in [0.717, 1.165) is 12.4 Å². The fourth-order valence-corrected chi connectivity index (χ4v) is 1.65. The van der Waals surface area contributed by atoms with Gasteiger partial charge in [0.25, 0.3) is 0 Å². The normalized spacial score (nSPS) is 11.6. The number of rotatable bonds is 3. The van der Waals surface area contributed by atoms with Gasteiger partial charge in [-0.3, -0.25) is 0 Å². The van der Waals surface area contributed by atoms with Gasteiger partial charge in [-0.2, -0.15) is 0 Å². The van der Waals surface area contributed by atoms with Crippen molar-refractivity contribution in [2.75, 3.05) is 14.1 Å². The van der Waals surface area contributed by atoms with E-state index in [4.69, 9.17) is 0 Å². The van der Waals surface area contributed by atoms with E-state index in [-0.39, 0.29) is 0 Å². The molecule has 1 aromatic heterocycles. The molecule has 1 rings (SSSR count). The molecule has 0 aliphatic rings. The van der Waals surface area contributed by atoms with Crippen molar-refractivity contribution in [1.82, 2.24) is 14.5 Å². The van der Waals surface area contributed by atoms with Gasteiger partial charge in [0, 0.05) is 18.8 Å². The van der Waals surface area contributed by atoms with Crippen LogP contribution in [0.4, 0.5) is 0 Å².